The van der Waals surface area contributed by atoms with Gasteiger partial charge in [0, 0.05) is 11.8 Å². The van der Waals surface area contributed by atoms with E-state index in [1.807, 2.05) is 0 Å². The average molecular weight is 203 g/mol. The molecule has 0 spiro atoms. The number of aromatic nitrogens is 3. The molecule has 0 saturated carbocycles. The summed E-state index contributed by atoms with van der Waals surface area (Å²) in [4.78, 5) is 13.5. The van der Waals surface area contributed by atoms with Gasteiger partial charge in [-0.05, 0) is 18.2 Å². The lowest BCUT2D eigenvalue weighted by atomic mass is 10.2. The van der Waals surface area contributed by atoms with Crippen LogP contribution in [-0.2, 0) is 0 Å². The standard InChI is InChI=1S/C9H9N5O/c10-6-3-5(4-12-9(6)15)7-1-2-8(11)14-13-7/h1-4H,10H2,(H2,11,14)(H,12,15). The van der Waals surface area contributed by atoms with Gasteiger partial charge in [-0.15, -0.1) is 10.2 Å². The first kappa shape index (κ1) is 9.20. The van der Waals surface area contributed by atoms with Gasteiger partial charge in [0.25, 0.3) is 5.56 Å². The molecule has 0 radical (unpaired) electrons. The van der Waals surface area contributed by atoms with E-state index in [1.165, 1.54) is 6.20 Å². The average Bonchev–Trinajstić information content (AvgIpc) is 2.23. The second-order valence-electron chi connectivity index (χ2n) is 3.02. The predicted octanol–water partition coefficient (Wildman–Crippen LogP) is -0.00370. The van der Waals surface area contributed by atoms with Gasteiger partial charge in [-0.25, -0.2) is 0 Å². The summed E-state index contributed by atoms with van der Waals surface area (Å²) in [7, 11) is 0. The van der Waals surface area contributed by atoms with Crippen LogP contribution in [0.1, 0.15) is 0 Å². The van der Waals surface area contributed by atoms with Gasteiger partial charge in [-0.2, -0.15) is 0 Å². The summed E-state index contributed by atoms with van der Waals surface area (Å²) in [5, 5.41) is 7.57. The van der Waals surface area contributed by atoms with E-state index in [4.69, 9.17) is 11.5 Å². The zero-order chi connectivity index (χ0) is 10.8. The summed E-state index contributed by atoms with van der Waals surface area (Å²) < 4.78 is 0. The Morgan fingerprint density at radius 3 is 2.60 bits per heavy atom. The summed E-state index contributed by atoms with van der Waals surface area (Å²) in [6.45, 7) is 0. The van der Waals surface area contributed by atoms with Crippen LogP contribution in [0.5, 0.6) is 0 Å². The van der Waals surface area contributed by atoms with Crippen LogP contribution in [0.4, 0.5) is 11.5 Å². The number of aromatic amines is 1. The Morgan fingerprint density at radius 2 is 2.00 bits per heavy atom. The Kier molecular flexibility index (Phi) is 2.09. The van der Waals surface area contributed by atoms with E-state index in [-0.39, 0.29) is 11.2 Å². The summed E-state index contributed by atoms with van der Waals surface area (Å²) in [5.74, 6) is 0.344. The maximum atomic E-state index is 11.0. The highest BCUT2D eigenvalue weighted by Crippen LogP contribution is 2.15. The highest BCUT2D eigenvalue weighted by molar-refractivity contribution is 5.62. The molecule has 0 amide bonds. The lowest BCUT2D eigenvalue weighted by molar-refractivity contribution is 1.05. The molecule has 0 aliphatic carbocycles. The van der Waals surface area contributed by atoms with Crippen LogP contribution < -0.4 is 17.0 Å². The Balaban J connectivity index is 2.50. The van der Waals surface area contributed by atoms with Crippen molar-refractivity contribution in [3.05, 3.63) is 34.7 Å². The molecule has 0 aliphatic rings. The highest BCUT2D eigenvalue weighted by Gasteiger charge is 2.02. The van der Waals surface area contributed by atoms with Gasteiger partial charge >= 0.3 is 0 Å². The molecule has 0 aromatic carbocycles. The van der Waals surface area contributed by atoms with Gasteiger partial charge in [-0.1, -0.05) is 0 Å². The summed E-state index contributed by atoms with van der Waals surface area (Å²) in [5.41, 5.74) is 12.0. The van der Waals surface area contributed by atoms with Crippen molar-refractivity contribution in [2.75, 3.05) is 11.5 Å². The van der Waals surface area contributed by atoms with Gasteiger partial charge in [0.15, 0.2) is 0 Å². The van der Waals surface area contributed by atoms with E-state index in [1.54, 1.807) is 18.2 Å². The van der Waals surface area contributed by atoms with E-state index in [0.29, 0.717) is 17.1 Å². The Bertz CT molecular complexity index is 531. The van der Waals surface area contributed by atoms with Crippen molar-refractivity contribution in [1.82, 2.24) is 15.2 Å². The first-order chi connectivity index (χ1) is 7.16. The van der Waals surface area contributed by atoms with Crippen LogP contribution >= 0.6 is 0 Å². The monoisotopic (exact) mass is 203 g/mol. The maximum absolute atomic E-state index is 11.0. The van der Waals surface area contributed by atoms with Crippen LogP contribution in [0.25, 0.3) is 11.3 Å². The molecule has 0 unspecified atom stereocenters. The third kappa shape index (κ3) is 1.78. The first-order valence-corrected chi connectivity index (χ1v) is 4.24. The number of nitrogens with one attached hydrogen (secondary N) is 1. The minimum absolute atomic E-state index is 0.145. The number of anilines is 2. The quantitative estimate of drug-likeness (QED) is 0.604. The first-order valence-electron chi connectivity index (χ1n) is 4.24. The lowest BCUT2D eigenvalue weighted by Crippen LogP contribution is -2.10. The molecule has 76 valence electrons. The Morgan fingerprint density at radius 1 is 1.20 bits per heavy atom. The van der Waals surface area contributed by atoms with Gasteiger partial charge < -0.3 is 16.5 Å². The third-order valence-corrected chi connectivity index (χ3v) is 1.91. The topological polar surface area (TPSA) is 111 Å². The number of nitrogens with zero attached hydrogens (tertiary/aromatic N) is 2. The zero-order valence-electron chi connectivity index (χ0n) is 7.77. The zero-order valence-corrected chi connectivity index (χ0v) is 7.77. The van der Waals surface area contributed by atoms with Crippen molar-refractivity contribution in [1.29, 1.82) is 0 Å². The molecule has 2 rings (SSSR count). The number of nitrogen functional groups attached to an aromatic ring is 2. The molecule has 6 heteroatoms. The van der Waals surface area contributed by atoms with Crippen LogP contribution in [-0.4, -0.2) is 15.2 Å². The van der Waals surface area contributed by atoms with Crippen LogP contribution in [0.3, 0.4) is 0 Å². The molecule has 0 aliphatic heterocycles. The normalized spacial score (nSPS) is 10.1. The largest absolute Gasteiger partial charge is 0.394 e. The molecule has 0 bridgehead atoms. The van der Waals surface area contributed by atoms with E-state index < -0.39 is 0 Å². The molecule has 2 aromatic heterocycles. The molecule has 0 saturated heterocycles. The molecule has 0 atom stereocenters. The van der Waals surface area contributed by atoms with Crippen molar-refractivity contribution in [3.63, 3.8) is 0 Å². The van der Waals surface area contributed by atoms with Gasteiger partial charge in [0.2, 0.25) is 0 Å². The second-order valence-corrected chi connectivity index (χ2v) is 3.02. The summed E-state index contributed by atoms with van der Waals surface area (Å²) >= 11 is 0. The maximum Gasteiger partial charge on any atom is 0.271 e. The molecule has 2 heterocycles. The van der Waals surface area contributed by atoms with Crippen molar-refractivity contribution < 1.29 is 0 Å². The highest BCUT2D eigenvalue weighted by atomic mass is 16.1. The molecular formula is C9H9N5O. The predicted molar refractivity (Wildman–Crippen MR) is 56.9 cm³/mol. The molecule has 0 fully saturated rings. The van der Waals surface area contributed by atoms with E-state index in [2.05, 4.69) is 15.2 Å². The Labute approximate surface area is 85.0 Å². The number of nitrogens with two attached hydrogens (primary N) is 2. The summed E-state index contributed by atoms with van der Waals surface area (Å²) in [6, 6.07) is 4.87. The molecule has 6 nitrogen and oxygen atoms in total. The van der Waals surface area contributed by atoms with E-state index >= 15 is 0 Å². The van der Waals surface area contributed by atoms with Gasteiger partial charge in [0.1, 0.15) is 5.82 Å². The number of hydrogen-bond donors (Lipinski definition) is 3. The van der Waals surface area contributed by atoms with Crippen LogP contribution in [0.2, 0.25) is 0 Å². The molecule has 15 heavy (non-hydrogen) atoms. The summed E-state index contributed by atoms with van der Waals surface area (Å²) in [6.07, 6.45) is 1.53. The fourth-order valence-electron chi connectivity index (χ4n) is 1.15. The number of pyridine rings is 1. The van der Waals surface area contributed by atoms with Crippen molar-refractivity contribution >= 4 is 11.5 Å². The molecule has 5 N–H and O–H groups in total. The third-order valence-electron chi connectivity index (χ3n) is 1.91. The van der Waals surface area contributed by atoms with Crippen molar-refractivity contribution in [3.8, 4) is 11.3 Å². The number of H-pyrrole nitrogens is 1. The SMILES string of the molecule is Nc1ccc(-c2c[nH]c(=O)c(N)c2)nn1. The fourth-order valence-corrected chi connectivity index (χ4v) is 1.15. The van der Waals surface area contributed by atoms with Gasteiger partial charge in [0.05, 0.1) is 11.4 Å². The van der Waals surface area contributed by atoms with E-state index in [0.717, 1.165) is 0 Å². The van der Waals surface area contributed by atoms with E-state index in [9.17, 15) is 4.79 Å². The minimum atomic E-state index is -0.317. The second kappa shape index (κ2) is 3.41. The fraction of sp³-hybridized carbons (Fsp3) is 0. The van der Waals surface area contributed by atoms with Crippen LogP contribution in [0.15, 0.2) is 29.2 Å². The smallest absolute Gasteiger partial charge is 0.271 e. The van der Waals surface area contributed by atoms with Crippen LogP contribution in [0, 0.1) is 0 Å². The molecular weight excluding hydrogens is 194 g/mol. The molecule has 2 aromatic rings. The lowest BCUT2D eigenvalue weighted by Gasteiger charge is -2.00. The number of rotatable bonds is 1. The Hall–Kier alpha value is -2.37. The van der Waals surface area contributed by atoms with Gasteiger partial charge in [-0.3, -0.25) is 4.79 Å². The van der Waals surface area contributed by atoms with Crippen molar-refractivity contribution in [2.24, 2.45) is 0 Å². The number of hydrogen-bond acceptors (Lipinski definition) is 5. The minimum Gasteiger partial charge on any atom is -0.394 e. The van der Waals surface area contributed by atoms with Crippen molar-refractivity contribution in [2.45, 2.75) is 0 Å².